The molecular weight excluding hydrogens is 292 g/mol. The number of epoxide rings is 1. The van der Waals surface area contributed by atoms with Crippen molar-refractivity contribution in [1.82, 2.24) is 0 Å². The van der Waals surface area contributed by atoms with Gasteiger partial charge in [0.25, 0.3) is 0 Å². The summed E-state index contributed by atoms with van der Waals surface area (Å²) in [6.07, 6.45) is 2.05. The topological polar surface area (TPSA) is 48.1 Å². The quantitative estimate of drug-likeness (QED) is 0.356. The van der Waals surface area contributed by atoms with Crippen LogP contribution in [0.25, 0.3) is 11.6 Å². The molecule has 4 nitrogen and oxygen atoms in total. The Morgan fingerprint density at radius 3 is 2.48 bits per heavy atom. The van der Waals surface area contributed by atoms with E-state index >= 15 is 0 Å². The van der Waals surface area contributed by atoms with Gasteiger partial charge in [-0.1, -0.05) is 42.5 Å². The predicted octanol–water partition coefficient (Wildman–Crippen LogP) is 3.18. The number of hydrogen-bond acceptors (Lipinski definition) is 4. The van der Waals surface area contributed by atoms with E-state index in [1.165, 1.54) is 7.11 Å². The smallest absolute Gasteiger partial charge is 0.338 e. The summed E-state index contributed by atoms with van der Waals surface area (Å²) in [6, 6.07) is 17.1. The lowest BCUT2D eigenvalue weighted by Gasteiger charge is -2.07. The molecule has 4 heteroatoms. The number of carbonyl (C=O) groups excluding carboxylic acids is 1. The van der Waals surface area contributed by atoms with Gasteiger partial charge >= 0.3 is 5.97 Å². The van der Waals surface area contributed by atoms with Crippen molar-refractivity contribution in [2.75, 3.05) is 20.3 Å². The van der Waals surface area contributed by atoms with E-state index in [-0.39, 0.29) is 12.1 Å². The second-order valence-corrected chi connectivity index (χ2v) is 5.25. The van der Waals surface area contributed by atoms with E-state index in [1.54, 1.807) is 0 Å². The molecule has 0 saturated carbocycles. The lowest BCUT2D eigenvalue weighted by atomic mass is 10.0. The Bertz CT molecular complexity index is 685. The third-order valence-corrected chi connectivity index (χ3v) is 3.52. The zero-order chi connectivity index (χ0) is 16.1. The normalized spacial score (nSPS) is 16.7. The molecule has 1 unspecified atom stereocenters. The summed E-state index contributed by atoms with van der Waals surface area (Å²) in [7, 11) is 1.38. The summed E-state index contributed by atoms with van der Waals surface area (Å²) in [5, 5.41) is 0. The third kappa shape index (κ3) is 4.20. The molecule has 0 aliphatic carbocycles. The maximum Gasteiger partial charge on any atom is 0.338 e. The number of methoxy groups -OCH3 is 1. The molecule has 3 rings (SSSR count). The van der Waals surface area contributed by atoms with Gasteiger partial charge in [0.15, 0.2) is 0 Å². The van der Waals surface area contributed by atoms with Crippen molar-refractivity contribution in [3.63, 3.8) is 0 Å². The molecule has 1 fully saturated rings. The Hall–Kier alpha value is -2.59. The maximum absolute atomic E-state index is 12.0. The van der Waals surface area contributed by atoms with Crippen molar-refractivity contribution >= 4 is 17.6 Å². The van der Waals surface area contributed by atoms with Gasteiger partial charge in [-0.25, -0.2) is 4.79 Å². The second-order valence-electron chi connectivity index (χ2n) is 5.25. The highest BCUT2D eigenvalue weighted by Gasteiger charge is 2.22. The van der Waals surface area contributed by atoms with Gasteiger partial charge in [-0.15, -0.1) is 0 Å². The van der Waals surface area contributed by atoms with Gasteiger partial charge in [0, 0.05) is 0 Å². The van der Waals surface area contributed by atoms with E-state index in [1.807, 2.05) is 60.7 Å². The lowest BCUT2D eigenvalue weighted by Crippen LogP contribution is -2.04. The zero-order valence-corrected chi connectivity index (χ0v) is 12.9. The van der Waals surface area contributed by atoms with Gasteiger partial charge < -0.3 is 14.2 Å². The lowest BCUT2D eigenvalue weighted by molar-refractivity contribution is -0.133. The first-order valence-electron chi connectivity index (χ1n) is 7.46. The number of ether oxygens (including phenoxy) is 3. The van der Waals surface area contributed by atoms with Gasteiger partial charge in [0.05, 0.1) is 19.3 Å². The van der Waals surface area contributed by atoms with Crippen LogP contribution in [0.3, 0.4) is 0 Å². The van der Waals surface area contributed by atoms with Crippen LogP contribution < -0.4 is 4.74 Å². The molecule has 0 spiro atoms. The van der Waals surface area contributed by atoms with E-state index in [0.29, 0.717) is 12.2 Å². The van der Waals surface area contributed by atoms with E-state index in [2.05, 4.69) is 0 Å². The minimum atomic E-state index is -0.359. The molecule has 0 aromatic heterocycles. The maximum atomic E-state index is 12.0. The van der Waals surface area contributed by atoms with E-state index in [9.17, 15) is 4.79 Å². The molecule has 1 aliphatic rings. The van der Waals surface area contributed by atoms with Crippen LogP contribution in [0.15, 0.2) is 54.6 Å². The number of benzene rings is 2. The van der Waals surface area contributed by atoms with Gasteiger partial charge in [-0.3, -0.25) is 0 Å². The highest BCUT2D eigenvalue weighted by atomic mass is 16.6. The summed E-state index contributed by atoms with van der Waals surface area (Å²) >= 11 is 0. The Balaban J connectivity index is 1.79. The molecule has 1 saturated heterocycles. The molecule has 0 bridgehead atoms. The van der Waals surface area contributed by atoms with Crippen molar-refractivity contribution < 1.29 is 19.0 Å². The molecule has 118 valence electrons. The van der Waals surface area contributed by atoms with Crippen LogP contribution in [0.2, 0.25) is 0 Å². The van der Waals surface area contributed by atoms with Crippen molar-refractivity contribution in [2.45, 2.75) is 6.10 Å². The zero-order valence-electron chi connectivity index (χ0n) is 12.9. The highest BCUT2D eigenvalue weighted by molar-refractivity contribution is 6.21. The highest BCUT2D eigenvalue weighted by Crippen LogP contribution is 2.22. The monoisotopic (exact) mass is 310 g/mol. The molecular formula is C19H18O4. The van der Waals surface area contributed by atoms with Gasteiger partial charge in [-0.05, 0) is 29.3 Å². The van der Waals surface area contributed by atoms with E-state index in [4.69, 9.17) is 14.2 Å². The first-order chi connectivity index (χ1) is 11.3. The Labute approximate surface area is 135 Å². The minimum absolute atomic E-state index is 0.235. The molecule has 1 atom stereocenters. The average molecular weight is 310 g/mol. The van der Waals surface area contributed by atoms with Crippen LogP contribution >= 0.6 is 0 Å². The standard InChI is InChI=1S/C19H18O4/c1-21-19(20)18(15-5-3-2-4-6-15)11-14-7-9-16(10-8-14)22-12-17-13-23-17/h2-11,17H,12-13H2,1H3/b18-11-. The van der Waals surface area contributed by atoms with Crippen molar-refractivity contribution in [1.29, 1.82) is 0 Å². The van der Waals surface area contributed by atoms with Crippen LogP contribution in [0.1, 0.15) is 11.1 Å². The van der Waals surface area contributed by atoms with Crippen LogP contribution in [-0.4, -0.2) is 32.4 Å². The van der Waals surface area contributed by atoms with Crippen molar-refractivity contribution in [2.24, 2.45) is 0 Å². The first-order valence-corrected chi connectivity index (χ1v) is 7.46. The summed E-state index contributed by atoms with van der Waals surface area (Å²) in [4.78, 5) is 12.0. The van der Waals surface area contributed by atoms with Gasteiger partial charge in [-0.2, -0.15) is 0 Å². The van der Waals surface area contributed by atoms with Gasteiger partial charge in [0.1, 0.15) is 18.5 Å². The van der Waals surface area contributed by atoms with Crippen LogP contribution in [0.5, 0.6) is 5.75 Å². The SMILES string of the molecule is COC(=O)/C(=C\c1ccc(OCC2CO2)cc1)c1ccccc1. The number of rotatable bonds is 6. The van der Waals surface area contributed by atoms with Crippen molar-refractivity contribution in [3.8, 4) is 5.75 Å². The molecule has 1 heterocycles. The van der Waals surface area contributed by atoms with Gasteiger partial charge in [0.2, 0.25) is 0 Å². The summed E-state index contributed by atoms with van der Waals surface area (Å²) in [5.41, 5.74) is 2.25. The Morgan fingerprint density at radius 2 is 1.87 bits per heavy atom. The fraction of sp³-hybridized carbons (Fsp3) is 0.211. The Kier molecular flexibility index (Phi) is 4.74. The number of esters is 1. The molecule has 0 N–H and O–H groups in total. The van der Waals surface area contributed by atoms with Crippen LogP contribution in [0, 0.1) is 0 Å². The Morgan fingerprint density at radius 1 is 1.17 bits per heavy atom. The average Bonchev–Trinajstić information content (AvgIpc) is 3.43. The molecule has 23 heavy (non-hydrogen) atoms. The fourth-order valence-corrected chi connectivity index (χ4v) is 2.17. The summed E-state index contributed by atoms with van der Waals surface area (Å²) < 4.78 is 15.6. The van der Waals surface area contributed by atoms with Crippen LogP contribution in [0.4, 0.5) is 0 Å². The number of hydrogen-bond donors (Lipinski definition) is 0. The molecule has 2 aromatic rings. The minimum Gasteiger partial charge on any atom is -0.491 e. The number of carbonyl (C=O) groups is 1. The summed E-state index contributed by atoms with van der Waals surface area (Å²) in [6.45, 7) is 1.35. The van der Waals surface area contributed by atoms with E-state index < -0.39 is 0 Å². The first kappa shape index (κ1) is 15.3. The molecule has 0 radical (unpaired) electrons. The largest absolute Gasteiger partial charge is 0.491 e. The third-order valence-electron chi connectivity index (χ3n) is 3.52. The summed E-state index contributed by atoms with van der Waals surface area (Å²) in [5.74, 6) is 0.430. The molecule has 0 amide bonds. The molecule has 1 aliphatic heterocycles. The second kappa shape index (κ2) is 7.11. The van der Waals surface area contributed by atoms with Crippen molar-refractivity contribution in [3.05, 3.63) is 65.7 Å². The predicted molar refractivity (Wildman–Crippen MR) is 88.0 cm³/mol. The molecule has 2 aromatic carbocycles. The van der Waals surface area contributed by atoms with E-state index in [0.717, 1.165) is 23.5 Å². The van der Waals surface area contributed by atoms with Crippen LogP contribution in [-0.2, 0) is 14.3 Å². The fourth-order valence-electron chi connectivity index (χ4n) is 2.17.